The Morgan fingerprint density at radius 1 is 1.29 bits per heavy atom. The van der Waals surface area contributed by atoms with Crippen LogP contribution in [0.2, 0.25) is 0 Å². The average Bonchev–Trinajstić information content (AvgIpc) is 2.61. The molecule has 0 fully saturated rings. The molecule has 0 saturated heterocycles. The largest absolute Gasteiger partial charge is 0.487 e. The van der Waals surface area contributed by atoms with Gasteiger partial charge in [-0.25, -0.2) is 4.79 Å². The number of hydrogen-bond acceptors (Lipinski definition) is 4. The molecule has 1 heterocycles. The van der Waals surface area contributed by atoms with Crippen molar-refractivity contribution in [3.63, 3.8) is 0 Å². The summed E-state index contributed by atoms with van der Waals surface area (Å²) in [5, 5.41) is 0. The molecule has 154 valence electrons. The number of ether oxygens (including phenoxy) is 3. The lowest BCUT2D eigenvalue weighted by atomic mass is 9.68. The van der Waals surface area contributed by atoms with Crippen molar-refractivity contribution in [2.45, 2.75) is 77.7 Å². The number of carbonyl (C=O) groups is 1. The monoisotopic (exact) mass is 386 g/mol. The minimum Gasteiger partial charge on any atom is -0.487 e. The van der Waals surface area contributed by atoms with Crippen molar-refractivity contribution in [1.29, 1.82) is 0 Å². The minimum absolute atomic E-state index is 0.0514. The van der Waals surface area contributed by atoms with Gasteiger partial charge in [-0.1, -0.05) is 31.4 Å². The summed E-state index contributed by atoms with van der Waals surface area (Å²) in [5.41, 5.74) is 3.33. The van der Waals surface area contributed by atoms with E-state index in [9.17, 15) is 4.79 Å². The molecule has 1 aliphatic heterocycles. The van der Waals surface area contributed by atoms with Gasteiger partial charge < -0.3 is 14.2 Å². The van der Waals surface area contributed by atoms with E-state index in [1.54, 1.807) is 0 Å². The third kappa shape index (κ3) is 4.43. The van der Waals surface area contributed by atoms with Gasteiger partial charge >= 0.3 is 5.97 Å². The summed E-state index contributed by atoms with van der Waals surface area (Å²) >= 11 is 0. The molecule has 1 aromatic rings. The molecule has 0 N–H and O–H groups in total. The Hall–Kier alpha value is -1.81. The zero-order valence-electron chi connectivity index (χ0n) is 18.0. The third-order valence-corrected chi connectivity index (χ3v) is 6.07. The maximum Gasteiger partial charge on any atom is 0.337 e. The number of carbonyl (C=O) groups excluding carboxylic acids is 1. The number of hydrogen-bond donors (Lipinski definition) is 0. The van der Waals surface area contributed by atoms with E-state index in [0.717, 1.165) is 42.6 Å². The van der Waals surface area contributed by atoms with E-state index in [4.69, 9.17) is 14.2 Å². The van der Waals surface area contributed by atoms with Crippen LogP contribution in [0.4, 0.5) is 0 Å². The lowest BCUT2D eigenvalue weighted by Crippen LogP contribution is -2.45. The predicted molar refractivity (Wildman–Crippen MR) is 111 cm³/mol. The summed E-state index contributed by atoms with van der Waals surface area (Å²) in [6, 6.07) is 4.20. The van der Waals surface area contributed by atoms with Crippen LogP contribution >= 0.6 is 0 Å². The fourth-order valence-electron chi connectivity index (χ4n) is 4.64. The molecule has 4 heteroatoms. The summed E-state index contributed by atoms with van der Waals surface area (Å²) < 4.78 is 17.2. The van der Waals surface area contributed by atoms with Crippen LogP contribution < -0.4 is 9.47 Å². The van der Waals surface area contributed by atoms with Crippen molar-refractivity contribution in [1.82, 2.24) is 0 Å². The first kappa shape index (κ1) is 20.9. The van der Waals surface area contributed by atoms with Crippen LogP contribution in [0.1, 0.15) is 76.8 Å². The molecule has 0 saturated carbocycles. The number of methoxy groups -OCH3 is 1. The fraction of sp³-hybridized carbons (Fsp3) is 0.625. The number of fused-ring (bicyclic) bond motifs is 3. The summed E-state index contributed by atoms with van der Waals surface area (Å²) in [6.07, 6.45) is 8.98. The average molecular weight is 387 g/mol. The molecular weight excluding hydrogens is 352 g/mol. The Bertz CT molecular complexity index is 747. The fourth-order valence-corrected chi connectivity index (χ4v) is 4.64. The highest BCUT2D eigenvalue weighted by atomic mass is 16.6. The second-order valence-corrected chi connectivity index (χ2v) is 8.76. The summed E-state index contributed by atoms with van der Waals surface area (Å²) in [6.45, 7) is 8.71. The van der Waals surface area contributed by atoms with Crippen LogP contribution in [0.25, 0.3) is 0 Å². The third-order valence-electron chi connectivity index (χ3n) is 6.07. The van der Waals surface area contributed by atoms with Gasteiger partial charge in [0.25, 0.3) is 0 Å². The van der Waals surface area contributed by atoms with Crippen molar-refractivity contribution < 1.29 is 19.0 Å². The molecule has 2 atom stereocenters. The number of aryl methyl sites for hydroxylation is 1. The van der Waals surface area contributed by atoms with Crippen LogP contribution in [0, 0.1) is 5.92 Å². The molecule has 0 amide bonds. The molecule has 3 rings (SSSR count). The molecule has 1 aromatic carbocycles. The number of rotatable bonds is 7. The van der Waals surface area contributed by atoms with Crippen molar-refractivity contribution >= 4 is 5.97 Å². The smallest absolute Gasteiger partial charge is 0.337 e. The molecule has 1 aliphatic carbocycles. The van der Waals surface area contributed by atoms with E-state index in [-0.39, 0.29) is 24.1 Å². The number of esters is 1. The van der Waals surface area contributed by atoms with E-state index >= 15 is 0 Å². The van der Waals surface area contributed by atoms with Gasteiger partial charge in [0.05, 0.1) is 0 Å². The van der Waals surface area contributed by atoms with Crippen LogP contribution in [0.3, 0.4) is 0 Å². The number of unbranched alkanes of at least 4 members (excludes halogenated alkanes) is 2. The van der Waals surface area contributed by atoms with Crippen LogP contribution in [0.15, 0.2) is 23.8 Å². The van der Waals surface area contributed by atoms with Gasteiger partial charge in [0.1, 0.15) is 23.7 Å². The lowest BCUT2D eigenvalue weighted by Gasteiger charge is -2.46. The van der Waals surface area contributed by atoms with Crippen molar-refractivity contribution in [3.05, 3.63) is 34.9 Å². The normalized spacial score (nSPS) is 22.5. The Morgan fingerprint density at radius 2 is 2.07 bits per heavy atom. The standard InChI is InChI=1S/C24H34O4/c1-6-7-8-9-17-13-20(27-22(25)15-26-5)23-18-12-16(2)10-11-19(18)24(3,4)28-21(23)14-17/h12-14,18-19H,6-11,15H2,1-5H3/t18-,19-/m1/s1. The Morgan fingerprint density at radius 3 is 2.79 bits per heavy atom. The summed E-state index contributed by atoms with van der Waals surface area (Å²) in [5.74, 6) is 1.72. The Kier molecular flexibility index (Phi) is 6.49. The van der Waals surface area contributed by atoms with Gasteiger partial charge in [0, 0.05) is 24.5 Å². The molecule has 4 nitrogen and oxygen atoms in total. The predicted octanol–water partition coefficient (Wildman–Crippen LogP) is 5.58. The van der Waals surface area contributed by atoms with Crippen LogP contribution in [0.5, 0.6) is 11.5 Å². The maximum absolute atomic E-state index is 12.2. The molecule has 0 spiro atoms. The van der Waals surface area contributed by atoms with E-state index in [0.29, 0.717) is 11.7 Å². The molecule has 0 radical (unpaired) electrons. The number of benzene rings is 1. The van der Waals surface area contributed by atoms with Crippen LogP contribution in [-0.4, -0.2) is 25.3 Å². The van der Waals surface area contributed by atoms with Gasteiger partial charge in [-0.2, -0.15) is 0 Å². The molecule has 0 unspecified atom stereocenters. The Labute approximate surface area is 169 Å². The second-order valence-electron chi connectivity index (χ2n) is 8.76. The van der Waals surface area contributed by atoms with Crippen molar-refractivity contribution in [2.75, 3.05) is 13.7 Å². The molecule has 2 aliphatic rings. The first-order valence-electron chi connectivity index (χ1n) is 10.6. The SMILES string of the molecule is CCCCCc1cc(OC(=O)COC)c2c(c1)OC(C)(C)[C@@H]1CCC(C)=C[C@@H]21. The van der Waals surface area contributed by atoms with Gasteiger partial charge in [0.15, 0.2) is 0 Å². The first-order chi connectivity index (χ1) is 13.4. The van der Waals surface area contributed by atoms with E-state index in [2.05, 4.69) is 39.8 Å². The van der Waals surface area contributed by atoms with Gasteiger partial charge in [0.2, 0.25) is 0 Å². The first-order valence-corrected chi connectivity index (χ1v) is 10.6. The second kappa shape index (κ2) is 8.69. The van der Waals surface area contributed by atoms with Crippen LogP contribution in [-0.2, 0) is 16.0 Å². The minimum atomic E-state index is -0.367. The van der Waals surface area contributed by atoms with E-state index < -0.39 is 0 Å². The lowest BCUT2D eigenvalue weighted by molar-refractivity contribution is -0.138. The van der Waals surface area contributed by atoms with Gasteiger partial charge in [-0.05, 0) is 64.2 Å². The highest BCUT2D eigenvalue weighted by Crippen LogP contribution is 2.53. The molecule has 28 heavy (non-hydrogen) atoms. The zero-order valence-corrected chi connectivity index (χ0v) is 18.0. The van der Waals surface area contributed by atoms with E-state index in [1.807, 2.05) is 6.07 Å². The maximum atomic E-state index is 12.2. The molecular formula is C24H34O4. The van der Waals surface area contributed by atoms with Gasteiger partial charge in [-0.15, -0.1) is 0 Å². The summed E-state index contributed by atoms with van der Waals surface area (Å²) in [4.78, 5) is 12.2. The zero-order chi connectivity index (χ0) is 20.3. The highest BCUT2D eigenvalue weighted by Gasteiger charge is 2.45. The quantitative estimate of drug-likeness (QED) is 0.265. The van der Waals surface area contributed by atoms with E-state index in [1.165, 1.54) is 25.5 Å². The number of allylic oxidation sites excluding steroid dienone is 2. The molecule has 0 aromatic heterocycles. The Balaban J connectivity index is 2.05. The highest BCUT2D eigenvalue weighted by molar-refractivity contribution is 5.75. The van der Waals surface area contributed by atoms with Gasteiger partial charge in [-0.3, -0.25) is 0 Å². The van der Waals surface area contributed by atoms with Crippen molar-refractivity contribution in [2.24, 2.45) is 5.92 Å². The summed E-state index contributed by atoms with van der Waals surface area (Å²) in [7, 11) is 1.51. The van der Waals surface area contributed by atoms with Crippen molar-refractivity contribution in [3.8, 4) is 11.5 Å². The topological polar surface area (TPSA) is 44.8 Å². The molecule has 0 bridgehead atoms.